The van der Waals surface area contributed by atoms with Crippen LogP contribution in [-0.2, 0) is 4.79 Å². The van der Waals surface area contributed by atoms with Crippen LogP contribution in [0.3, 0.4) is 0 Å². The van der Waals surface area contributed by atoms with Crippen LogP contribution in [0.4, 0.5) is 0 Å². The summed E-state index contributed by atoms with van der Waals surface area (Å²) in [4.78, 5) is 14.7. The number of carbonyl (C=O) groups is 1. The van der Waals surface area contributed by atoms with E-state index in [9.17, 15) is 15.0 Å². The minimum absolute atomic E-state index is 0.0866. The zero-order chi connectivity index (χ0) is 12.1. The molecular formula is C10H12BrNO3S. The highest BCUT2D eigenvalue weighted by atomic mass is 79.9. The molecule has 6 heteroatoms. The zero-order valence-electron chi connectivity index (χ0n) is 8.63. The van der Waals surface area contributed by atoms with E-state index in [0.29, 0.717) is 10.2 Å². The maximum absolute atomic E-state index is 10.7. The molecule has 2 N–H and O–H groups in total. The molecule has 2 unspecified atom stereocenters. The van der Waals surface area contributed by atoms with Gasteiger partial charge in [0.2, 0.25) is 0 Å². The van der Waals surface area contributed by atoms with Gasteiger partial charge in [0.15, 0.2) is 5.12 Å². The summed E-state index contributed by atoms with van der Waals surface area (Å²) < 4.78 is 0.495. The Labute approximate surface area is 106 Å². The van der Waals surface area contributed by atoms with Crippen molar-refractivity contribution < 1.29 is 15.0 Å². The quantitative estimate of drug-likeness (QED) is 0.825. The van der Waals surface area contributed by atoms with Gasteiger partial charge in [0, 0.05) is 24.4 Å². The first-order valence-electron chi connectivity index (χ1n) is 4.62. The van der Waals surface area contributed by atoms with E-state index in [2.05, 4.69) is 20.9 Å². The van der Waals surface area contributed by atoms with E-state index in [4.69, 9.17) is 0 Å². The molecule has 0 spiro atoms. The van der Waals surface area contributed by atoms with Crippen molar-refractivity contribution in [3.05, 3.63) is 28.5 Å². The van der Waals surface area contributed by atoms with Crippen LogP contribution < -0.4 is 0 Å². The molecule has 0 saturated carbocycles. The third-order valence-electron chi connectivity index (χ3n) is 1.93. The Morgan fingerprint density at radius 3 is 2.88 bits per heavy atom. The van der Waals surface area contributed by atoms with Gasteiger partial charge in [-0.15, -0.1) is 0 Å². The molecule has 1 rings (SSSR count). The van der Waals surface area contributed by atoms with Crippen LogP contribution in [0.2, 0.25) is 0 Å². The summed E-state index contributed by atoms with van der Waals surface area (Å²) in [6.45, 7) is 1.42. The molecule has 0 aliphatic carbocycles. The Balaban J connectivity index is 2.66. The van der Waals surface area contributed by atoms with Gasteiger partial charge in [-0.2, -0.15) is 0 Å². The van der Waals surface area contributed by atoms with Gasteiger partial charge in [-0.25, -0.2) is 4.98 Å². The molecule has 1 aromatic rings. The van der Waals surface area contributed by atoms with Crippen molar-refractivity contribution in [1.82, 2.24) is 4.98 Å². The summed E-state index contributed by atoms with van der Waals surface area (Å²) in [5, 5.41) is 19.4. The molecular weight excluding hydrogens is 294 g/mol. The Kier molecular flexibility index (Phi) is 5.40. The molecule has 0 aromatic carbocycles. The lowest BCUT2D eigenvalue weighted by Crippen LogP contribution is -2.21. The average molecular weight is 306 g/mol. The minimum atomic E-state index is -1.05. The third kappa shape index (κ3) is 3.86. The lowest BCUT2D eigenvalue weighted by Gasteiger charge is -2.17. The molecule has 16 heavy (non-hydrogen) atoms. The van der Waals surface area contributed by atoms with Crippen molar-refractivity contribution in [3.63, 3.8) is 0 Å². The normalized spacial score (nSPS) is 14.5. The molecule has 2 atom stereocenters. The van der Waals surface area contributed by atoms with E-state index >= 15 is 0 Å². The topological polar surface area (TPSA) is 70.4 Å². The Hall–Kier alpha value is -0.430. The van der Waals surface area contributed by atoms with E-state index in [-0.39, 0.29) is 10.9 Å². The fourth-order valence-electron chi connectivity index (χ4n) is 1.12. The van der Waals surface area contributed by atoms with E-state index in [1.54, 1.807) is 18.3 Å². The van der Waals surface area contributed by atoms with Crippen molar-refractivity contribution >= 4 is 32.8 Å². The summed E-state index contributed by atoms with van der Waals surface area (Å²) in [5.74, 6) is 0.165. The second-order valence-corrected chi connectivity index (χ2v) is 5.15. The molecule has 0 bridgehead atoms. The highest BCUT2D eigenvalue weighted by Gasteiger charge is 2.21. The number of halogens is 1. The number of pyridine rings is 1. The predicted molar refractivity (Wildman–Crippen MR) is 66.0 cm³/mol. The van der Waals surface area contributed by atoms with E-state index in [0.717, 1.165) is 11.8 Å². The summed E-state index contributed by atoms with van der Waals surface area (Å²) >= 11 is 4.17. The van der Waals surface area contributed by atoms with Crippen molar-refractivity contribution in [1.29, 1.82) is 0 Å². The highest BCUT2D eigenvalue weighted by Crippen LogP contribution is 2.25. The number of thioether (sulfide) groups is 1. The van der Waals surface area contributed by atoms with E-state index in [1.165, 1.54) is 6.92 Å². The van der Waals surface area contributed by atoms with Gasteiger partial charge < -0.3 is 10.2 Å². The van der Waals surface area contributed by atoms with Gasteiger partial charge in [0.25, 0.3) is 0 Å². The lowest BCUT2D eigenvalue weighted by atomic mass is 10.1. The first-order valence-corrected chi connectivity index (χ1v) is 6.40. The number of aliphatic hydroxyl groups is 2. The van der Waals surface area contributed by atoms with Crippen molar-refractivity contribution in [2.24, 2.45) is 0 Å². The second kappa shape index (κ2) is 6.34. The van der Waals surface area contributed by atoms with Crippen LogP contribution in [0.1, 0.15) is 18.6 Å². The monoisotopic (exact) mass is 305 g/mol. The van der Waals surface area contributed by atoms with Crippen LogP contribution in [-0.4, -0.2) is 32.2 Å². The van der Waals surface area contributed by atoms with Gasteiger partial charge in [-0.05, 0) is 22.0 Å². The van der Waals surface area contributed by atoms with Gasteiger partial charge in [0.05, 0.1) is 6.10 Å². The molecule has 0 aliphatic rings. The highest BCUT2D eigenvalue weighted by molar-refractivity contribution is 9.10. The van der Waals surface area contributed by atoms with Crippen molar-refractivity contribution in [3.8, 4) is 0 Å². The number of aliphatic hydroxyl groups excluding tert-OH is 2. The standard InChI is InChI=1S/C10H12BrNO3S/c1-6(13)16-5-8(14)9(15)7-3-2-4-12-10(7)11/h2-4,8-9,14-15H,5H2,1H3. The van der Waals surface area contributed by atoms with Gasteiger partial charge in [0.1, 0.15) is 10.7 Å². The maximum Gasteiger partial charge on any atom is 0.185 e. The Morgan fingerprint density at radius 1 is 1.62 bits per heavy atom. The first-order chi connectivity index (χ1) is 7.52. The average Bonchev–Trinajstić information content (AvgIpc) is 2.25. The summed E-state index contributed by atoms with van der Waals surface area (Å²) in [7, 11) is 0. The molecule has 4 nitrogen and oxygen atoms in total. The second-order valence-electron chi connectivity index (χ2n) is 3.20. The molecule has 1 heterocycles. The number of hydrogen-bond donors (Lipinski definition) is 2. The summed E-state index contributed by atoms with van der Waals surface area (Å²) in [6.07, 6.45) is -0.457. The Morgan fingerprint density at radius 2 is 2.31 bits per heavy atom. The van der Waals surface area contributed by atoms with Crippen LogP contribution in [0.25, 0.3) is 0 Å². The zero-order valence-corrected chi connectivity index (χ0v) is 11.0. The fraction of sp³-hybridized carbons (Fsp3) is 0.400. The SMILES string of the molecule is CC(=O)SCC(O)C(O)c1cccnc1Br. The van der Waals surface area contributed by atoms with E-state index in [1.807, 2.05) is 0 Å². The van der Waals surface area contributed by atoms with Crippen molar-refractivity contribution in [2.45, 2.75) is 19.1 Å². The number of hydrogen-bond acceptors (Lipinski definition) is 5. The maximum atomic E-state index is 10.7. The molecule has 0 aliphatic heterocycles. The van der Waals surface area contributed by atoms with E-state index < -0.39 is 12.2 Å². The molecule has 1 aromatic heterocycles. The number of aromatic nitrogens is 1. The van der Waals surface area contributed by atoms with Gasteiger partial charge in [-0.3, -0.25) is 4.79 Å². The number of rotatable bonds is 4. The first kappa shape index (κ1) is 13.6. The van der Waals surface area contributed by atoms with Crippen LogP contribution in [0.15, 0.2) is 22.9 Å². The predicted octanol–water partition coefficient (Wildman–Crippen LogP) is 1.52. The van der Waals surface area contributed by atoms with Crippen LogP contribution >= 0.6 is 27.7 Å². The largest absolute Gasteiger partial charge is 0.389 e. The number of carbonyl (C=O) groups excluding carboxylic acids is 1. The number of nitrogens with zero attached hydrogens (tertiary/aromatic N) is 1. The Bertz CT molecular complexity index is 375. The molecule has 88 valence electrons. The van der Waals surface area contributed by atoms with Gasteiger partial charge in [-0.1, -0.05) is 17.8 Å². The van der Waals surface area contributed by atoms with Crippen LogP contribution in [0.5, 0.6) is 0 Å². The summed E-state index contributed by atoms with van der Waals surface area (Å²) in [6, 6.07) is 3.34. The molecule has 0 amide bonds. The van der Waals surface area contributed by atoms with Crippen LogP contribution in [0, 0.1) is 0 Å². The fourth-order valence-corrected chi connectivity index (χ4v) is 2.19. The summed E-state index contributed by atoms with van der Waals surface area (Å²) in [5.41, 5.74) is 0.513. The third-order valence-corrected chi connectivity index (χ3v) is 3.51. The molecule has 0 saturated heterocycles. The van der Waals surface area contributed by atoms with Gasteiger partial charge >= 0.3 is 0 Å². The molecule has 0 radical (unpaired) electrons. The molecule has 0 fully saturated rings. The van der Waals surface area contributed by atoms with Crippen molar-refractivity contribution in [2.75, 3.05) is 5.75 Å². The minimum Gasteiger partial charge on any atom is -0.389 e. The lowest BCUT2D eigenvalue weighted by molar-refractivity contribution is -0.109. The smallest absolute Gasteiger partial charge is 0.185 e.